The zero-order valence-corrected chi connectivity index (χ0v) is 15.9. The Balaban J connectivity index is 2.16. The molecule has 144 valence electrons. The first kappa shape index (κ1) is 20.6. The van der Waals surface area contributed by atoms with Crippen LogP contribution in [0, 0.1) is 5.82 Å². The molecule has 27 heavy (non-hydrogen) atoms. The predicted molar refractivity (Wildman–Crippen MR) is 104 cm³/mol. The first-order valence-corrected chi connectivity index (χ1v) is 8.87. The highest BCUT2D eigenvalue weighted by Crippen LogP contribution is 2.33. The molecule has 0 aliphatic rings. The third kappa shape index (κ3) is 5.40. The first-order chi connectivity index (χ1) is 12.8. The van der Waals surface area contributed by atoms with Gasteiger partial charge in [-0.15, -0.1) is 0 Å². The fourth-order valence-electron chi connectivity index (χ4n) is 2.22. The number of amides is 1. The summed E-state index contributed by atoms with van der Waals surface area (Å²) in [5.74, 6) is -0.699. The quantitative estimate of drug-likeness (QED) is 0.578. The van der Waals surface area contributed by atoms with Crippen LogP contribution in [0.4, 0.5) is 14.5 Å². The van der Waals surface area contributed by atoms with Crippen LogP contribution in [-0.4, -0.2) is 35.5 Å². The van der Waals surface area contributed by atoms with Crippen molar-refractivity contribution >= 4 is 28.5 Å². The fraction of sp³-hybridized carbons (Fsp3) is 0.278. The van der Waals surface area contributed by atoms with E-state index in [-0.39, 0.29) is 22.1 Å². The molecule has 1 aromatic heterocycles. The van der Waals surface area contributed by atoms with Gasteiger partial charge in [0.15, 0.2) is 5.17 Å². The number of nitrogens with zero attached hydrogens (tertiary/aromatic N) is 2. The highest BCUT2D eigenvalue weighted by Gasteiger charge is 2.24. The number of ether oxygens (including phenoxy) is 1. The molecule has 0 spiro atoms. The Morgan fingerprint density at radius 3 is 2.70 bits per heavy atom. The van der Waals surface area contributed by atoms with E-state index in [2.05, 4.69) is 15.3 Å². The van der Waals surface area contributed by atoms with Crippen LogP contribution in [0.1, 0.15) is 29.1 Å². The standard InChI is InChI=1S/C18H20F2N4O2S/c1-10(27-18(21)22-2)16(20)13-8-11(4-6-14(13)19)24-17(25)15-7-5-12(26-3)9-23-15/h4-10,16H,1-3H3,(H2,21,22)(H,24,25)/t10-,16+/m1/s1. The summed E-state index contributed by atoms with van der Waals surface area (Å²) in [5, 5.41) is 2.13. The minimum Gasteiger partial charge on any atom is -0.495 e. The van der Waals surface area contributed by atoms with E-state index in [4.69, 9.17) is 10.5 Å². The molecule has 0 saturated heterocycles. The molecule has 2 atom stereocenters. The lowest BCUT2D eigenvalue weighted by Crippen LogP contribution is -2.17. The molecule has 0 unspecified atom stereocenters. The van der Waals surface area contributed by atoms with Crippen molar-refractivity contribution in [3.05, 3.63) is 53.6 Å². The molecular formula is C18H20F2N4O2S. The molecule has 0 aliphatic heterocycles. The SMILES string of the molecule is C/N=C(/N)S[C@H](C)[C@H](F)c1cc(NC(=O)c2ccc(OC)cn2)ccc1F. The third-order valence-electron chi connectivity index (χ3n) is 3.69. The Morgan fingerprint density at radius 2 is 2.11 bits per heavy atom. The van der Waals surface area contributed by atoms with E-state index in [0.29, 0.717) is 5.75 Å². The zero-order chi connectivity index (χ0) is 20.0. The van der Waals surface area contributed by atoms with E-state index in [0.717, 1.165) is 17.8 Å². The van der Waals surface area contributed by atoms with E-state index in [1.165, 1.54) is 38.6 Å². The maximum Gasteiger partial charge on any atom is 0.274 e. The molecular weight excluding hydrogens is 374 g/mol. The fourth-order valence-corrected chi connectivity index (χ4v) is 2.97. The van der Waals surface area contributed by atoms with E-state index >= 15 is 0 Å². The van der Waals surface area contributed by atoms with Gasteiger partial charge in [-0.25, -0.2) is 13.8 Å². The number of amidine groups is 1. The monoisotopic (exact) mass is 394 g/mol. The number of carbonyl (C=O) groups excluding carboxylic acids is 1. The van der Waals surface area contributed by atoms with Gasteiger partial charge in [-0.2, -0.15) is 0 Å². The van der Waals surface area contributed by atoms with Crippen molar-refractivity contribution in [2.24, 2.45) is 10.7 Å². The van der Waals surface area contributed by atoms with Crippen molar-refractivity contribution in [2.45, 2.75) is 18.3 Å². The van der Waals surface area contributed by atoms with E-state index in [1.807, 2.05) is 0 Å². The normalized spacial score (nSPS) is 13.7. The van der Waals surface area contributed by atoms with Gasteiger partial charge in [-0.3, -0.25) is 9.79 Å². The van der Waals surface area contributed by atoms with Crippen molar-refractivity contribution in [1.29, 1.82) is 0 Å². The average molecular weight is 394 g/mol. The summed E-state index contributed by atoms with van der Waals surface area (Å²) < 4.78 is 33.8. The number of nitrogens with one attached hydrogen (secondary N) is 1. The number of aliphatic imine (C=N–C) groups is 1. The zero-order valence-electron chi connectivity index (χ0n) is 15.1. The van der Waals surface area contributed by atoms with Crippen LogP contribution in [0.15, 0.2) is 41.5 Å². The van der Waals surface area contributed by atoms with Crippen LogP contribution in [0.3, 0.4) is 0 Å². The van der Waals surface area contributed by atoms with Gasteiger partial charge < -0.3 is 15.8 Å². The van der Waals surface area contributed by atoms with E-state index < -0.39 is 23.1 Å². The number of anilines is 1. The summed E-state index contributed by atoms with van der Waals surface area (Å²) in [5.41, 5.74) is 5.82. The summed E-state index contributed by atoms with van der Waals surface area (Å²) in [7, 11) is 2.98. The summed E-state index contributed by atoms with van der Waals surface area (Å²) in [6.07, 6.45) is -0.229. The van der Waals surface area contributed by atoms with Crippen molar-refractivity contribution in [1.82, 2.24) is 4.98 Å². The maximum atomic E-state index is 14.7. The molecule has 0 aliphatic carbocycles. The number of methoxy groups -OCH3 is 1. The predicted octanol–water partition coefficient (Wildman–Crippen LogP) is 3.56. The second kappa shape index (κ2) is 9.31. The highest BCUT2D eigenvalue weighted by molar-refractivity contribution is 8.14. The van der Waals surface area contributed by atoms with E-state index in [1.54, 1.807) is 13.0 Å². The Morgan fingerprint density at radius 1 is 1.37 bits per heavy atom. The lowest BCUT2D eigenvalue weighted by molar-refractivity contribution is 0.102. The molecule has 2 aromatic rings. The van der Waals surface area contributed by atoms with Crippen LogP contribution in [0.5, 0.6) is 5.75 Å². The maximum absolute atomic E-state index is 14.7. The van der Waals surface area contributed by atoms with Crippen LogP contribution in [-0.2, 0) is 0 Å². The summed E-state index contributed by atoms with van der Waals surface area (Å²) in [6, 6.07) is 6.80. The number of rotatable bonds is 6. The molecule has 1 amide bonds. The third-order valence-corrected chi connectivity index (χ3v) is 4.73. The molecule has 1 heterocycles. The molecule has 1 aromatic carbocycles. The average Bonchev–Trinajstić information content (AvgIpc) is 2.68. The van der Waals surface area contributed by atoms with Gasteiger partial charge >= 0.3 is 0 Å². The van der Waals surface area contributed by atoms with Crippen LogP contribution in [0.25, 0.3) is 0 Å². The second-order valence-electron chi connectivity index (χ2n) is 5.56. The molecule has 6 nitrogen and oxygen atoms in total. The number of benzene rings is 1. The van der Waals surface area contributed by atoms with Gasteiger partial charge in [0.05, 0.1) is 13.3 Å². The van der Waals surface area contributed by atoms with Gasteiger partial charge in [0.25, 0.3) is 5.91 Å². The van der Waals surface area contributed by atoms with E-state index in [9.17, 15) is 13.6 Å². The number of nitrogens with two attached hydrogens (primary N) is 1. The molecule has 0 saturated carbocycles. The Labute approximate surface area is 160 Å². The van der Waals surface area contributed by atoms with Crippen LogP contribution < -0.4 is 15.8 Å². The highest BCUT2D eigenvalue weighted by atomic mass is 32.2. The number of carbonyl (C=O) groups is 1. The summed E-state index contributed by atoms with van der Waals surface area (Å²) >= 11 is 1.01. The number of pyridine rings is 1. The van der Waals surface area contributed by atoms with Crippen molar-refractivity contribution in [2.75, 3.05) is 19.5 Å². The van der Waals surface area contributed by atoms with Gasteiger partial charge in [0, 0.05) is 23.5 Å². The number of hydrogen-bond donors (Lipinski definition) is 2. The number of halogens is 2. The van der Waals surface area contributed by atoms with Crippen molar-refractivity contribution in [3.63, 3.8) is 0 Å². The van der Waals surface area contributed by atoms with Gasteiger partial charge in [-0.05, 0) is 37.3 Å². The molecule has 0 bridgehead atoms. The van der Waals surface area contributed by atoms with Gasteiger partial charge in [0.1, 0.15) is 23.4 Å². The number of alkyl halides is 1. The Hall–Kier alpha value is -2.68. The Bertz CT molecular complexity index is 831. The lowest BCUT2D eigenvalue weighted by Gasteiger charge is -2.17. The smallest absolute Gasteiger partial charge is 0.274 e. The summed E-state index contributed by atoms with van der Waals surface area (Å²) in [6.45, 7) is 1.58. The lowest BCUT2D eigenvalue weighted by atomic mass is 10.1. The Kier molecular flexibility index (Phi) is 7.12. The minimum absolute atomic E-state index is 0.148. The molecule has 2 rings (SSSR count). The van der Waals surface area contributed by atoms with Crippen LogP contribution >= 0.6 is 11.8 Å². The van der Waals surface area contributed by atoms with Crippen molar-refractivity contribution in [3.8, 4) is 5.75 Å². The minimum atomic E-state index is -1.63. The molecule has 9 heteroatoms. The number of hydrogen-bond acceptors (Lipinski definition) is 5. The number of aromatic nitrogens is 1. The van der Waals surface area contributed by atoms with Crippen LogP contribution in [0.2, 0.25) is 0 Å². The molecule has 0 radical (unpaired) electrons. The molecule has 0 fully saturated rings. The van der Waals surface area contributed by atoms with Crippen molar-refractivity contribution < 1.29 is 18.3 Å². The first-order valence-electron chi connectivity index (χ1n) is 7.99. The number of thioether (sulfide) groups is 1. The topological polar surface area (TPSA) is 89.6 Å². The largest absolute Gasteiger partial charge is 0.495 e. The summed E-state index contributed by atoms with van der Waals surface area (Å²) in [4.78, 5) is 20.0. The van der Waals surface area contributed by atoms with Gasteiger partial charge in [-0.1, -0.05) is 11.8 Å². The second-order valence-corrected chi connectivity index (χ2v) is 6.96. The molecule has 3 N–H and O–H groups in total. The van der Waals surface area contributed by atoms with Gasteiger partial charge in [0.2, 0.25) is 0 Å².